The number of benzene rings is 1. The van der Waals surface area contributed by atoms with Crippen LogP contribution in [0.15, 0.2) is 30.3 Å². The third-order valence-corrected chi connectivity index (χ3v) is 6.26. The van der Waals surface area contributed by atoms with Gasteiger partial charge in [0.15, 0.2) is 0 Å². The van der Waals surface area contributed by atoms with Crippen molar-refractivity contribution in [2.24, 2.45) is 0 Å². The fourth-order valence-electron chi connectivity index (χ4n) is 4.33. The number of hydrogen-bond acceptors (Lipinski definition) is 5. The summed E-state index contributed by atoms with van der Waals surface area (Å²) in [5.41, 5.74) is 0.850. The molecule has 1 aromatic rings. The molecule has 32 heavy (non-hydrogen) atoms. The Kier molecular flexibility index (Phi) is 12.1. The summed E-state index contributed by atoms with van der Waals surface area (Å²) in [5.74, 6) is 0.192. The number of ketones is 1. The minimum absolute atomic E-state index is 0.0915. The fraction of sp³-hybridized carbons (Fsp3) is 0.630. The van der Waals surface area contributed by atoms with Crippen LogP contribution < -0.4 is 5.32 Å². The van der Waals surface area contributed by atoms with Gasteiger partial charge in [-0.15, -0.1) is 0 Å². The van der Waals surface area contributed by atoms with Crippen molar-refractivity contribution in [2.45, 2.75) is 109 Å². The molecule has 5 heteroatoms. The number of phenols is 1. The highest BCUT2D eigenvalue weighted by molar-refractivity contribution is 5.87. The Morgan fingerprint density at radius 3 is 2.25 bits per heavy atom. The molecule has 1 aliphatic rings. The second-order valence-electron chi connectivity index (χ2n) is 9.20. The zero-order chi connectivity index (χ0) is 23.2. The van der Waals surface area contributed by atoms with Gasteiger partial charge in [0.25, 0.3) is 0 Å². The summed E-state index contributed by atoms with van der Waals surface area (Å²) >= 11 is 0. The average molecular weight is 444 g/mol. The molecular formula is C27H41NO4. The van der Waals surface area contributed by atoms with Gasteiger partial charge in [-0.1, -0.05) is 57.1 Å². The maximum Gasteiger partial charge on any atom is 0.331 e. The van der Waals surface area contributed by atoms with E-state index in [1.807, 2.05) is 0 Å². The summed E-state index contributed by atoms with van der Waals surface area (Å²) in [6.45, 7) is 3.77. The van der Waals surface area contributed by atoms with E-state index in [1.54, 1.807) is 37.3 Å². The normalized spacial score (nSPS) is 21.0. The number of Topliss-reactive ketones (excluding diaryl/α,β-unsaturated/α-hetero) is 1. The number of hydrogen-bond donors (Lipinski definition) is 2. The predicted molar refractivity (Wildman–Crippen MR) is 129 cm³/mol. The van der Waals surface area contributed by atoms with Gasteiger partial charge >= 0.3 is 5.97 Å². The van der Waals surface area contributed by atoms with Crippen molar-refractivity contribution in [3.05, 3.63) is 35.9 Å². The Labute approximate surface area is 193 Å². The van der Waals surface area contributed by atoms with E-state index < -0.39 is 0 Å². The third-order valence-electron chi connectivity index (χ3n) is 6.26. The summed E-state index contributed by atoms with van der Waals surface area (Å²) in [5, 5.41) is 12.9. The Bertz CT molecular complexity index is 713. The van der Waals surface area contributed by atoms with Crippen LogP contribution in [0.2, 0.25) is 0 Å². The SMILES string of the molecule is CC(=O)CCCCCCCCCCC1CCC(OC(=O)C=Cc2ccc(O)cc2)C(C)N1. The van der Waals surface area contributed by atoms with E-state index in [0.29, 0.717) is 11.8 Å². The number of unbranched alkanes of at least 4 members (excludes halogenated alkanes) is 7. The first-order valence-corrected chi connectivity index (χ1v) is 12.4. The third kappa shape index (κ3) is 10.9. The van der Waals surface area contributed by atoms with Crippen molar-refractivity contribution >= 4 is 17.8 Å². The van der Waals surface area contributed by atoms with Gasteiger partial charge in [-0.2, -0.15) is 0 Å². The monoisotopic (exact) mass is 443 g/mol. The van der Waals surface area contributed by atoms with E-state index >= 15 is 0 Å². The summed E-state index contributed by atoms with van der Waals surface area (Å²) < 4.78 is 5.65. The van der Waals surface area contributed by atoms with Gasteiger partial charge < -0.3 is 20.0 Å². The molecule has 1 fully saturated rings. The number of rotatable bonds is 14. The number of ether oxygens (including phenoxy) is 1. The fourth-order valence-corrected chi connectivity index (χ4v) is 4.33. The summed E-state index contributed by atoms with van der Waals surface area (Å²) in [6, 6.07) is 7.37. The molecule has 0 bridgehead atoms. The summed E-state index contributed by atoms with van der Waals surface area (Å²) in [6.07, 6.45) is 16.8. The van der Waals surface area contributed by atoms with Crippen molar-refractivity contribution in [2.75, 3.05) is 0 Å². The average Bonchev–Trinajstić information content (AvgIpc) is 2.76. The molecule has 1 heterocycles. The molecule has 5 nitrogen and oxygen atoms in total. The van der Waals surface area contributed by atoms with Crippen LogP contribution in [0.3, 0.4) is 0 Å². The van der Waals surface area contributed by atoms with Crippen LogP contribution in [0.4, 0.5) is 0 Å². The lowest BCUT2D eigenvalue weighted by atomic mass is 9.93. The lowest BCUT2D eigenvalue weighted by Gasteiger charge is -2.35. The first-order chi connectivity index (χ1) is 15.4. The highest BCUT2D eigenvalue weighted by atomic mass is 16.5. The van der Waals surface area contributed by atoms with Crippen LogP contribution in [-0.2, 0) is 14.3 Å². The van der Waals surface area contributed by atoms with Crippen LogP contribution in [-0.4, -0.2) is 35.0 Å². The molecule has 0 amide bonds. The van der Waals surface area contributed by atoms with Crippen molar-refractivity contribution in [3.63, 3.8) is 0 Å². The maximum absolute atomic E-state index is 12.2. The first-order valence-electron chi connectivity index (χ1n) is 12.4. The van der Waals surface area contributed by atoms with Gasteiger partial charge in [-0.05, 0) is 63.3 Å². The number of esters is 1. The summed E-state index contributed by atoms with van der Waals surface area (Å²) in [4.78, 5) is 23.1. The molecule has 1 saturated heterocycles. The molecule has 0 spiro atoms. The molecule has 178 valence electrons. The smallest absolute Gasteiger partial charge is 0.331 e. The molecule has 3 atom stereocenters. The van der Waals surface area contributed by atoms with Crippen LogP contribution in [0, 0.1) is 0 Å². The highest BCUT2D eigenvalue weighted by Crippen LogP contribution is 2.21. The molecule has 1 aromatic carbocycles. The van der Waals surface area contributed by atoms with Gasteiger partial charge in [-0.3, -0.25) is 0 Å². The lowest BCUT2D eigenvalue weighted by Crippen LogP contribution is -2.50. The first kappa shape index (κ1) is 26.1. The van der Waals surface area contributed by atoms with E-state index in [1.165, 1.54) is 57.4 Å². The van der Waals surface area contributed by atoms with Crippen molar-refractivity contribution in [3.8, 4) is 5.75 Å². The number of carbonyl (C=O) groups excluding carboxylic acids is 2. The number of piperidine rings is 1. The molecule has 0 saturated carbocycles. The Morgan fingerprint density at radius 2 is 1.62 bits per heavy atom. The maximum atomic E-state index is 12.2. The minimum atomic E-state index is -0.323. The largest absolute Gasteiger partial charge is 0.508 e. The molecular weight excluding hydrogens is 402 g/mol. The second-order valence-corrected chi connectivity index (χ2v) is 9.20. The lowest BCUT2D eigenvalue weighted by molar-refractivity contribution is -0.145. The second kappa shape index (κ2) is 14.8. The van der Waals surface area contributed by atoms with Gasteiger partial charge in [0.1, 0.15) is 17.6 Å². The van der Waals surface area contributed by atoms with E-state index in [2.05, 4.69) is 12.2 Å². The molecule has 3 unspecified atom stereocenters. The van der Waals surface area contributed by atoms with E-state index in [9.17, 15) is 14.7 Å². The van der Waals surface area contributed by atoms with Crippen molar-refractivity contribution in [1.29, 1.82) is 0 Å². The van der Waals surface area contributed by atoms with Crippen molar-refractivity contribution in [1.82, 2.24) is 5.32 Å². The van der Waals surface area contributed by atoms with Gasteiger partial charge in [0.05, 0.1) is 0 Å². The molecule has 0 aromatic heterocycles. The predicted octanol–water partition coefficient (Wildman–Crippen LogP) is 5.95. The van der Waals surface area contributed by atoms with E-state index in [4.69, 9.17) is 4.74 Å². The van der Waals surface area contributed by atoms with Gasteiger partial charge in [-0.25, -0.2) is 4.79 Å². The van der Waals surface area contributed by atoms with Gasteiger partial charge in [0.2, 0.25) is 0 Å². The Morgan fingerprint density at radius 1 is 1.00 bits per heavy atom. The number of phenolic OH excluding ortho intramolecular Hbond substituents is 1. The molecule has 0 aliphatic carbocycles. The number of aromatic hydroxyl groups is 1. The van der Waals surface area contributed by atoms with E-state index in [-0.39, 0.29) is 23.9 Å². The highest BCUT2D eigenvalue weighted by Gasteiger charge is 2.28. The van der Waals surface area contributed by atoms with Gasteiger partial charge in [0, 0.05) is 24.6 Å². The van der Waals surface area contributed by atoms with Crippen LogP contribution in [0.1, 0.15) is 96.5 Å². The molecule has 2 rings (SSSR count). The zero-order valence-corrected chi connectivity index (χ0v) is 19.9. The van der Waals surface area contributed by atoms with Crippen LogP contribution in [0.5, 0.6) is 5.75 Å². The zero-order valence-electron chi connectivity index (χ0n) is 19.9. The standard InChI is InChI=1S/C27H41NO4/c1-21(29)11-9-7-5-3-4-6-8-10-12-24-16-19-26(22(2)28-24)32-27(31)20-15-23-13-17-25(30)18-14-23/h13-15,17-18,20,22,24,26,28,30H,3-12,16,19H2,1-2H3. The van der Waals surface area contributed by atoms with Crippen LogP contribution >= 0.6 is 0 Å². The quantitative estimate of drug-likeness (QED) is 0.211. The number of nitrogens with one attached hydrogen (secondary N) is 1. The van der Waals surface area contributed by atoms with E-state index in [0.717, 1.165) is 31.2 Å². The van der Waals surface area contributed by atoms with Crippen LogP contribution in [0.25, 0.3) is 6.08 Å². The number of carbonyl (C=O) groups is 2. The van der Waals surface area contributed by atoms with Crippen molar-refractivity contribution < 1.29 is 19.4 Å². The topological polar surface area (TPSA) is 75.6 Å². The minimum Gasteiger partial charge on any atom is -0.508 e. The summed E-state index contributed by atoms with van der Waals surface area (Å²) in [7, 11) is 0. The molecule has 1 aliphatic heterocycles. The Hall–Kier alpha value is -2.14. The Balaban J connectivity index is 1.53. The molecule has 0 radical (unpaired) electrons. The molecule has 2 N–H and O–H groups in total.